The first-order valence-electron chi connectivity index (χ1n) is 4.54. The average molecular weight is 166 g/mol. The lowest BCUT2D eigenvalue weighted by Crippen LogP contribution is -2.49. The van der Waals surface area contributed by atoms with Crippen molar-refractivity contribution < 1.29 is 4.74 Å². The minimum absolute atomic E-state index is 0.254. The summed E-state index contributed by atoms with van der Waals surface area (Å²) in [5.41, 5.74) is 0.254. The van der Waals surface area contributed by atoms with Gasteiger partial charge in [-0.1, -0.05) is 0 Å². The maximum absolute atomic E-state index is 8.56. The van der Waals surface area contributed by atoms with Crippen LogP contribution in [-0.4, -0.2) is 25.8 Å². The lowest BCUT2D eigenvalue weighted by molar-refractivity contribution is -0.00563. The van der Waals surface area contributed by atoms with Gasteiger partial charge in [-0.05, 0) is 12.8 Å². The van der Waals surface area contributed by atoms with Crippen molar-refractivity contribution in [2.24, 2.45) is 5.41 Å². The molecule has 0 aromatic heterocycles. The highest BCUT2D eigenvalue weighted by Crippen LogP contribution is 2.48. The molecule has 1 aliphatic carbocycles. The Bertz CT molecular complexity index is 201. The molecule has 66 valence electrons. The van der Waals surface area contributed by atoms with E-state index in [4.69, 9.17) is 10.00 Å². The van der Waals surface area contributed by atoms with Crippen molar-refractivity contribution in [1.82, 2.24) is 5.32 Å². The largest absolute Gasteiger partial charge is 0.375 e. The van der Waals surface area contributed by atoms with Gasteiger partial charge in [-0.3, -0.25) is 0 Å². The molecule has 1 saturated carbocycles. The third kappa shape index (κ3) is 1.60. The van der Waals surface area contributed by atoms with Crippen LogP contribution < -0.4 is 5.32 Å². The van der Waals surface area contributed by atoms with Crippen molar-refractivity contribution in [3.05, 3.63) is 0 Å². The van der Waals surface area contributed by atoms with Crippen molar-refractivity contribution in [3.8, 4) is 6.07 Å². The summed E-state index contributed by atoms with van der Waals surface area (Å²) in [5.74, 6) is 0. The Labute approximate surface area is 72.7 Å². The Morgan fingerprint density at radius 2 is 2.25 bits per heavy atom. The van der Waals surface area contributed by atoms with Crippen molar-refractivity contribution in [1.29, 1.82) is 5.26 Å². The predicted octanol–water partition coefficient (Wildman–Crippen LogP) is 0.669. The van der Waals surface area contributed by atoms with E-state index in [1.165, 1.54) is 12.8 Å². The predicted molar refractivity (Wildman–Crippen MR) is 44.5 cm³/mol. The molecule has 2 rings (SSSR count). The zero-order valence-corrected chi connectivity index (χ0v) is 7.18. The fourth-order valence-corrected chi connectivity index (χ4v) is 1.39. The van der Waals surface area contributed by atoms with E-state index in [9.17, 15) is 0 Å². The Hall–Kier alpha value is -0.590. The Balaban J connectivity index is 1.68. The van der Waals surface area contributed by atoms with E-state index in [0.29, 0.717) is 12.5 Å². The number of nitrogens with zero attached hydrogens (tertiary/aromatic N) is 1. The smallest absolute Gasteiger partial charge is 0.0823 e. The number of ether oxygens (including phenoxy) is 1. The van der Waals surface area contributed by atoms with Gasteiger partial charge in [0, 0.05) is 24.9 Å². The summed E-state index contributed by atoms with van der Waals surface area (Å²) < 4.78 is 5.64. The number of nitriles is 1. The van der Waals surface area contributed by atoms with Gasteiger partial charge in [0.25, 0.3) is 0 Å². The summed E-state index contributed by atoms with van der Waals surface area (Å²) in [6.07, 6.45) is 3.45. The molecule has 1 N–H and O–H groups in total. The van der Waals surface area contributed by atoms with Crippen LogP contribution in [-0.2, 0) is 4.74 Å². The Morgan fingerprint density at radius 3 is 2.67 bits per heavy atom. The molecule has 12 heavy (non-hydrogen) atoms. The first-order valence-corrected chi connectivity index (χ1v) is 4.54. The van der Waals surface area contributed by atoms with E-state index in [0.717, 1.165) is 19.7 Å². The van der Waals surface area contributed by atoms with Crippen LogP contribution in [0.3, 0.4) is 0 Å². The molecule has 1 heterocycles. The van der Waals surface area contributed by atoms with Crippen LogP contribution in [0, 0.1) is 16.7 Å². The summed E-state index contributed by atoms with van der Waals surface area (Å²) in [7, 11) is 0. The van der Waals surface area contributed by atoms with Crippen LogP contribution >= 0.6 is 0 Å². The maximum Gasteiger partial charge on any atom is 0.0823 e. The molecule has 0 spiro atoms. The van der Waals surface area contributed by atoms with E-state index in [2.05, 4.69) is 11.4 Å². The van der Waals surface area contributed by atoms with Gasteiger partial charge in [-0.2, -0.15) is 5.26 Å². The highest BCUT2D eigenvalue weighted by molar-refractivity contribution is 4.99. The van der Waals surface area contributed by atoms with Crippen molar-refractivity contribution in [2.75, 3.05) is 19.7 Å². The molecule has 1 aliphatic heterocycles. The van der Waals surface area contributed by atoms with Gasteiger partial charge in [0.1, 0.15) is 0 Å². The molecule has 0 atom stereocenters. The molecule has 0 aromatic rings. The van der Waals surface area contributed by atoms with E-state index in [-0.39, 0.29) is 5.41 Å². The fraction of sp³-hybridized carbons (Fsp3) is 0.889. The minimum atomic E-state index is 0.254. The van der Waals surface area contributed by atoms with Crippen LogP contribution in [0.25, 0.3) is 0 Å². The molecule has 0 unspecified atom stereocenters. The molecule has 0 bridgehead atoms. The van der Waals surface area contributed by atoms with Gasteiger partial charge in [0.15, 0.2) is 0 Å². The third-order valence-electron chi connectivity index (χ3n) is 2.78. The zero-order valence-electron chi connectivity index (χ0n) is 7.18. The standard InChI is InChI=1S/C9H14N2O/c10-4-3-9(1-2-9)7-12-8-5-11-6-8/h8,11H,1-3,5-7H2. The van der Waals surface area contributed by atoms with Crippen LogP contribution in [0.4, 0.5) is 0 Å². The fourth-order valence-electron chi connectivity index (χ4n) is 1.39. The van der Waals surface area contributed by atoms with Crippen LogP contribution in [0.5, 0.6) is 0 Å². The maximum atomic E-state index is 8.56. The van der Waals surface area contributed by atoms with Gasteiger partial charge >= 0.3 is 0 Å². The topological polar surface area (TPSA) is 45.0 Å². The quantitative estimate of drug-likeness (QED) is 0.667. The van der Waals surface area contributed by atoms with Crippen LogP contribution in [0.2, 0.25) is 0 Å². The number of rotatable bonds is 4. The normalized spacial score (nSPS) is 25.9. The van der Waals surface area contributed by atoms with E-state index in [1.807, 2.05) is 0 Å². The molecule has 1 saturated heterocycles. The minimum Gasteiger partial charge on any atom is -0.375 e. The second-order valence-corrected chi connectivity index (χ2v) is 3.93. The number of nitrogens with one attached hydrogen (secondary N) is 1. The average Bonchev–Trinajstić information content (AvgIpc) is 2.67. The van der Waals surface area contributed by atoms with E-state index < -0.39 is 0 Å². The molecule has 3 heteroatoms. The van der Waals surface area contributed by atoms with Crippen molar-refractivity contribution in [2.45, 2.75) is 25.4 Å². The van der Waals surface area contributed by atoms with E-state index >= 15 is 0 Å². The molecule has 0 aromatic carbocycles. The summed E-state index contributed by atoms with van der Waals surface area (Å²) in [5, 5.41) is 11.7. The summed E-state index contributed by atoms with van der Waals surface area (Å²) in [6.45, 7) is 2.78. The van der Waals surface area contributed by atoms with Crippen LogP contribution in [0.1, 0.15) is 19.3 Å². The van der Waals surface area contributed by atoms with Gasteiger partial charge in [0.05, 0.1) is 18.8 Å². The first kappa shape index (κ1) is 8.03. The number of hydrogen-bond donors (Lipinski definition) is 1. The number of hydrogen-bond acceptors (Lipinski definition) is 3. The Morgan fingerprint density at radius 1 is 1.50 bits per heavy atom. The van der Waals surface area contributed by atoms with Crippen LogP contribution in [0.15, 0.2) is 0 Å². The summed E-state index contributed by atoms with van der Waals surface area (Å²) >= 11 is 0. The molecule has 0 amide bonds. The van der Waals surface area contributed by atoms with Gasteiger partial charge in [-0.25, -0.2) is 0 Å². The summed E-state index contributed by atoms with van der Waals surface area (Å²) in [6, 6.07) is 2.23. The molecule has 3 nitrogen and oxygen atoms in total. The molecule has 0 radical (unpaired) electrons. The second-order valence-electron chi connectivity index (χ2n) is 3.93. The second kappa shape index (κ2) is 3.04. The lowest BCUT2D eigenvalue weighted by Gasteiger charge is -2.28. The molecular formula is C9H14N2O. The van der Waals surface area contributed by atoms with Gasteiger partial charge in [0.2, 0.25) is 0 Å². The summed E-state index contributed by atoms with van der Waals surface area (Å²) in [4.78, 5) is 0. The highest BCUT2D eigenvalue weighted by Gasteiger charge is 2.43. The SMILES string of the molecule is N#CCC1(COC2CNC2)CC1. The highest BCUT2D eigenvalue weighted by atomic mass is 16.5. The lowest BCUT2D eigenvalue weighted by atomic mass is 10.1. The first-order chi connectivity index (χ1) is 5.85. The van der Waals surface area contributed by atoms with Gasteiger partial charge < -0.3 is 10.1 Å². The van der Waals surface area contributed by atoms with E-state index in [1.54, 1.807) is 0 Å². The molecule has 2 aliphatic rings. The Kier molecular flexibility index (Phi) is 2.03. The van der Waals surface area contributed by atoms with Crippen molar-refractivity contribution >= 4 is 0 Å². The van der Waals surface area contributed by atoms with Gasteiger partial charge in [-0.15, -0.1) is 0 Å². The molecular weight excluding hydrogens is 152 g/mol. The van der Waals surface area contributed by atoms with Crippen molar-refractivity contribution in [3.63, 3.8) is 0 Å². The molecule has 2 fully saturated rings. The third-order valence-corrected chi connectivity index (χ3v) is 2.78. The monoisotopic (exact) mass is 166 g/mol. The zero-order chi connectivity index (χ0) is 8.44.